The number of anilines is 1. The van der Waals surface area contributed by atoms with Gasteiger partial charge in [-0.15, -0.1) is 0 Å². The van der Waals surface area contributed by atoms with Crippen LogP contribution in [-0.4, -0.2) is 30.7 Å². The minimum Gasteiger partial charge on any atom is -0.465 e. The van der Waals surface area contributed by atoms with Crippen molar-refractivity contribution in [2.24, 2.45) is 0 Å². The minimum absolute atomic E-state index is 0.305. The van der Waals surface area contributed by atoms with Gasteiger partial charge < -0.3 is 9.47 Å². The van der Waals surface area contributed by atoms with E-state index in [0.29, 0.717) is 17.7 Å². The number of amides is 1. The lowest BCUT2D eigenvalue weighted by Gasteiger charge is -2.37. The van der Waals surface area contributed by atoms with Gasteiger partial charge in [-0.1, -0.05) is 0 Å². The zero-order valence-corrected chi connectivity index (χ0v) is 14.3. The van der Waals surface area contributed by atoms with Gasteiger partial charge in [0.2, 0.25) is 0 Å². The Morgan fingerprint density at radius 3 is 2.92 bits per heavy atom. The number of ether oxygens (including phenoxy) is 2. The zero-order chi connectivity index (χ0) is 17.8. The first-order valence-electron chi connectivity index (χ1n) is 8.13. The van der Waals surface area contributed by atoms with E-state index in [-0.39, 0.29) is 6.09 Å². The van der Waals surface area contributed by atoms with Crippen LogP contribution in [0.1, 0.15) is 35.3 Å². The van der Waals surface area contributed by atoms with Crippen LogP contribution in [-0.2, 0) is 21.5 Å². The number of carbonyl (C=O) groups is 2. The van der Waals surface area contributed by atoms with Gasteiger partial charge in [-0.2, -0.15) is 0 Å². The Hall–Kier alpha value is -2.89. The molecule has 1 amide bonds. The molecule has 0 atom stereocenters. The number of carbonyl (C=O) groups excluding carboxylic acids is 2. The molecule has 6 nitrogen and oxygen atoms in total. The fourth-order valence-electron chi connectivity index (χ4n) is 3.59. The van der Waals surface area contributed by atoms with E-state index in [2.05, 4.69) is 4.98 Å². The average molecular weight is 338 g/mol. The number of nitrogens with zero attached hydrogens (tertiary/aromatic N) is 2. The molecule has 0 fully saturated rings. The van der Waals surface area contributed by atoms with Gasteiger partial charge in [0.15, 0.2) is 0 Å². The van der Waals surface area contributed by atoms with Crippen LogP contribution in [0, 0.1) is 0 Å². The third kappa shape index (κ3) is 2.28. The molecule has 25 heavy (non-hydrogen) atoms. The largest absolute Gasteiger partial charge is 0.465 e. The van der Waals surface area contributed by atoms with Crippen molar-refractivity contribution in [3.05, 3.63) is 47.3 Å². The number of hydrogen-bond acceptors (Lipinski definition) is 5. The van der Waals surface area contributed by atoms with Gasteiger partial charge in [0, 0.05) is 30.1 Å². The Morgan fingerprint density at radius 2 is 2.16 bits per heavy atom. The fraction of sp³-hybridized carbons (Fsp3) is 0.316. The maximum atomic E-state index is 12.2. The summed E-state index contributed by atoms with van der Waals surface area (Å²) in [5, 5.41) is 0. The van der Waals surface area contributed by atoms with Crippen molar-refractivity contribution >= 4 is 17.7 Å². The van der Waals surface area contributed by atoms with E-state index in [1.165, 1.54) is 7.11 Å². The number of hydrogen-bond donors (Lipinski definition) is 0. The van der Waals surface area contributed by atoms with Crippen LogP contribution in [0.15, 0.2) is 30.6 Å². The Bertz CT molecular complexity index is 904. The fourth-order valence-corrected chi connectivity index (χ4v) is 3.59. The summed E-state index contributed by atoms with van der Waals surface area (Å²) in [6.07, 6.45) is 3.69. The molecular formula is C19H18N2O4. The molecule has 4 rings (SSSR count). The third-order valence-electron chi connectivity index (χ3n) is 4.81. The Kier molecular flexibility index (Phi) is 3.32. The van der Waals surface area contributed by atoms with Crippen molar-refractivity contribution in [2.75, 3.05) is 18.6 Å². The van der Waals surface area contributed by atoms with Crippen molar-refractivity contribution in [1.29, 1.82) is 0 Å². The summed E-state index contributed by atoms with van der Waals surface area (Å²) in [7, 11) is 1.36. The van der Waals surface area contributed by atoms with Gasteiger partial charge in [-0.05, 0) is 49.6 Å². The van der Waals surface area contributed by atoms with E-state index < -0.39 is 11.6 Å². The second kappa shape index (κ2) is 5.31. The molecule has 0 saturated heterocycles. The predicted molar refractivity (Wildman–Crippen MR) is 91.6 cm³/mol. The Labute approximate surface area is 145 Å². The highest BCUT2D eigenvalue weighted by molar-refractivity contribution is 5.99. The minimum atomic E-state index is -0.731. The maximum Gasteiger partial charge on any atom is 0.415 e. The number of pyridine rings is 1. The third-order valence-corrected chi connectivity index (χ3v) is 4.81. The summed E-state index contributed by atoms with van der Waals surface area (Å²) in [4.78, 5) is 30.2. The number of cyclic esters (lactones) is 1. The van der Waals surface area contributed by atoms with E-state index >= 15 is 0 Å². The molecule has 2 aliphatic rings. The lowest BCUT2D eigenvalue weighted by Crippen LogP contribution is -2.41. The molecule has 0 unspecified atom stereocenters. The van der Waals surface area contributed by atoms with Crippen LogP contribution in [0.25, 0.3) is 11.1 Å². The SMILES string of the molecule is COC(=O)c1ccncc1-c1cc2c3c(c1)C(C)(C)OC(=O)N3CC2. The monoisotopic (exact) mass is 338 g/mol. The van der Waals surface area contributed by atoms with Crippen LogP contribution in [0.2, 0.25) is 0 Å². The van der Waals surface area contributed by atoms with Crippen molar-refractivity contribution in [3.8, 4) is 11.1 Å². The molecule has 6 heteroatoms. The van der Waals surface area contributed by atoms with Gasteiger partial charge in [0.05, 0.1) is 18.4 Å². The zero-order valence-electron chi connectivity index (χ0n) is 14.3. The molecule has 0 saturated carbocycles. The first kappa shape index (κ1) is 15.6. The number of aromatic nitrogens is 1. The molecule has 0 bridgehead atoms. The van der Waals surface area contributed by atoms with Crippen LogP contribution in [0.4, 0.5) is 10.5 Å². The topological polar surface area (TPSA) is 68.7 Å². The summed E-state index contributed by atoms with van der Waals surface area (Å²) < 4.78 is 10.5. The number of methoxy groups -OCH3 is 1. The van der Waals surface area contributed by atoms with Crippen molar-refractivity contribution < 1.29 is 19.1 Å². The molecule has 0 aliphatic carbocycles. The first-order valence-corrected chi connectivity index (χ1v) is 8.13. The number of rotatable bonds is 2. The molecule has 128 valence electrons. The van der Waals surface area contributed by atoms with Gasteiger partial charge in [0.25, 0.3) is 0 Å². The normalized spacial score (nSPS) is 17.1. The van der Waals surface area contributed by atoms with Crippen molar-refractivity contribution in [3.63, 3.8) is 0 Å². The van der Waals surface area contributed by atoms with Crippen LogP contribution in [0.5, 0.6) is 0 Å². The predicted octanol–water partition coefficient (Wildman–Crippen LogP) is 3.28. The molecule has 0 N–H and O–H groups in total. The summed E-state index contributed by atoms with van der Waals surface area (Å²) in [6, 6.07) is 5.65. The Morgan fingerprint density at radius 1 is 1.36 bits per heavy atom. The number of benzene rings is 1. The smallest absolute Gasteiger partial charge is 0.415 e. The molecule has 3 heterocycles. The van der Waals surface area contributed by atoms with E-state index in [9.17, 15) is 9.59 Å². The second-order valence-electron chi connectivity index (χ2n) is 6.72. The van der Waals surface area contributed by atoms with Gasteiger partial charge in [-0.3, -0.25) is 9.88 Å². The first-order chi connectivity index (χ1) is 11.9. The quantitative estimate of drug-likeness (QED) is 0.786. The lowest BCUT2D eigenvalue weighted by atomic mass is 9.88. The van der Waals surface area contributed by atoms with Crippen LogP contribution in [0.3, 0.4) is 0 Å². The van der Waals surface area contributed by atoms with E-state index in [4.69, 9.17) is 9.47 Å². The maximum absolute atomic E-state index is 12.2. The van der Waals surface area contributed by atoms with Crippen molar-refractivity contribution in [2.45, 2.75) is 25.9 Å². The summed E-state index contributed by atoms with van der Waals surface area (Å²) >= 11 is 0. The van der Waals surface area contributed by atoms with Gasteiger partial charge >= 0.3 is 12.1 Å². The van der Waals surface area contributed by atoms with E-state index in [1.54, 1.807) is 23.4 Å². The highest BCUT2D eigenvalue weighted by Crippen LogP contribution is 2.46. The van der Waals surface area contributed by atoms with E-state index in [1.807, 2.05) is 26.0 Å². The Balaban J connectivity index is 1.94. The molecule has 2 aromatic rings. The highest BCUT2D eigenvalue weighted by Gasteiger charge is 2.42. The molecule has 1 aromatic carbocycles. The van der Waals surface area contributed by atoms with Crippen LogP contribution >= 0.6 is 0 Å². The summed E-state index contributed by atoms with van der Waals surface area (Å²) in [5.41, 5.74) is 4.27. The summed E-state index contributed by atoms with van der Waals surface area (Å²) in [5.74, 6) is -0.404. The molecular weight excluding hydrogens is 320 g/mol. The van der Waals surface area contributed by atoms with Crippen LogP contribution < -0.4 is 4.90 Å². The molecule has 1 aromatic heterocycles. The highest BCUT2D eigenvalue weighted by atomic mass is 16.6. The standard InChI is InChI=1S/C19H18N2O4/c1-19(2)15-9-12(14-10-20-6-4-13(14)17(22)24-3)8-11-5-7-21(16(11)15)18(23)25-19/h4,6,8-10H,5,7H2,1-3H3. The second-order valence-corrected chi connectivity index (χ2v) is 6.72. The van der Waals surface area contributed by atoms with Gasteiger partial charge in [0.1, 0.15) is 5.60 Å². The van der Waals surface area contributed by atoms with Gasteiger partial charge in [-0.25, -0.2) is 9.59 Å². The number of esters is 1. The van der Waals surface area contributed by atoms with Crippen molar-refractivity contribution in [1.82, 2.24) is 4.98 Å². The molecule has 0 spiro atoms. The average Bonchev–Trinajstić information content (AvgIpc) is 3.03. The molecule has 0 radical (unpaired) electrons. The van der Waals surface area contributed by atoms with E-state index in [0.717, 1.165) is 28.8 Å². The molecule has 2 aliphatic heterocycles. The summed E-state index contributed by atoms with van der Waals surface area (Å²) in [6.45, 7) is 4.37. The lowest BCUT2D eigenvalue weighted by molar-refractivity contribution is 0.0358.